The molecule has 174 valence electrons. The van der Waals surface area contributed by atoms with E-state index in [1.165, 1.54) is 24.3 Å². The van der Waals surface area contributed by atoms with Crippen molar-refractivity contribution in [2.45, 2.75) is 50.5 Å². The summed E-state index contributed by atoms with van der Waals surface area (Å²) in [4.78, 5) is 11.7. The number of rotatable bonds is 6. The molecule has 0 bridgehead atoms. The van der Waals surface area contributed by atoms with Gasteiger partial charge in [-0.2, -0.15) is 0 Å². The second kappa shape index (κ2) is 9.19. The third kappa shape index (κ3) is 5.75. The highest BCUT2D eigenvalue weighted by Gasteiger charge is 2.21. The van der Waals surface area contributed by atoms with E-state index in [2.05, 4.69) is 35.4 Å². The minimum absolute atomic E-state index is 0.00858. The van der Waals surface area contributed by atoms with E-state index in [-0.39, 0.29) is 10.3 Å². The maximum Gasteiger partial charge on any atom is 0.261 e. The number of anilines is 1. The first-order valence-electron chi connectivity index (χ1n) is 11.1. The summed E-state index contributed by atoms with van der Waals surface area (Å²) in [6.07, 6.45) is 3.38. The van der Waals surface area contributed by atoms with E-state index >= 15 is 0 Å². The van der Waals surface area contributed by atoms with Gasteiger partial charge in [-0.3, -0.25) is 9.62 Å². The summed E-state index contributed by atoms with van der Waals surface area (Å²) < 4.78 is 41.1. The predicted molar refractivity (Wildman–Crippen MR) is 127 cm³/mol. The minimum atomic E-state index is -3.74. The molecular weight excluding hydrogens is 439 g/mol. The standard InChI is InChI=1S/C25H29FN4O2S/c1-25(2,3)23-10-13-27-24(28-23)12-15-30-14-11-18-16-22(9-4-19(18)17-30)33(31,32)29-21-7-5-20(26)6-8-21/h4-10,13,16,29H,11-12,14-15,17H2,1-3H3. The molecule has 0 unspecified atom stereocenters. The summed E-state index contributed by atoms with van der Waals surface area (Å²) in [5.41, 5.74) is 3.54. The van der Waals surface area contributed by atoms with E-state index in [9.17, 15) is 12.8 Å². The summed E-state index contributed by atoms with van der Waals surface area (Å²) in [6, 6.07) is 12.5. The van der Waals surface area contributed by atoms with E-state index in [0.717, 1.165) is 55.1 Å². The van der Waals surface area contributed by atoms with Gasteiger partial charge in [-0.05, 0) is 60.0 Å². The molecule has 2 heterocycles. The smallest absolute Gasteiger partial charge is 0.261 e. The summed E-state index contributed by atoms with van der Waals surface area (Å²) in [7, 11) is -3.74. The van der Waals surface area contributed by atoms with Crippen LogP contribution in [0.25, 0.3) is 0 Å². The van der Waals surface area contributed by atoms with Crippen LogP contribution in [0, 0.1) is 5.82 Å². The van der Waals surface area contributed by atoms with Crippen LogP contribution in [0.5, 0.6) is 0 Å². The molecule has 1 aromatic heterocycles. The van der Waals surface area contributed by atoms with Gasteiger partial charge in [0.2, 0.25) is 0 Å². The van der Waals surface area contributed by atoms with Crippen LogP contribution in [0.15, 0.2) is 59.6 Å². The highest BCUT2D eigenvalue weighted by molar-refractivity contribution is 7.92. The number of benzene rings is 2. The fourth-order valence-electron chi connectivity index (χ4n) is 3.87. The van der Waals surface area contributed by atoms with Crippen LogP contribution < -0.4 is 4.72 Å². The fraction of sp³-hybridized carbons (Fsp3) is 0.360. The zero-order valence-electron chi connectivity index (χ0n) is 19.2. The van der Waals surface area contributed by atoms with Crippen molar-refractivity contribution in [3.63, 3.8) is 0 Å². The fourth-order valence-corrected chi connectivity index (χ4v) is 4.98. The van der Waals surface area contributed by atoms with Gasteiger partial charge < -0.3 is 0 Å². The SMILES string of the molecule is CC(C)(C)c1ccnc(CCN2CCc3cc(S(=O)(=O)Nc4ccc(F)cc4)ccc3C2)n1. The summed E-state index contributed by atoms with van der Waals surface area (Å²) in [5, 5.41) is 0. The first-order chi connectivity index (χ1) is 15.6. The molecule has 2 aromatic carbocycles. The number of sulfonamides is 1. The molecule has 0 saturated carbocycles. The van der Waals surface area contributed by atoms with Gasteiger partial charge in [-0.15, -0.1) is 0 Å². The van der Waals surface area contributed by atoms with Crippen molar-refractivity contribution in [3.05, 3.63) is 83.2 Å². The van der Waals surface area contributed by atoms with E-state index < -0.39 is 15.8 Å². The lowest BCUT2D eigenvalue weighted by molar-refractivity contribution is 0.255. The molecular formula is C25H29FN4O2S. The molecule has 6 nitrogen and oxygen atoms in total. The molecule has 0 atom stereocenters. The number of nitrogens with one attached hydrogen (secondary N) is 1. The first-order valence-corrected chi connectivity index (χ1v) is 12.5. The van der Waals surface area contributed by atoms with Gasteiger partial charge >= 0.3 is 0 Å². The number of nitrogens with zero attached hydrogens (tertiary/aromatic N) is 3. The summed E-state index contributed by atoms with van der Waals surface area (Å²) in [6.45, 7) is 8.89. The highest BCUT2D eigenvalue weighted by atomic mass is 32.2. The lowest BCUT2D eigenvalue weighted by Crippen LogP contribution is -2.32. The summed E-state index contributed by atoms with van der Waals surface area (Å²) in [5.74, 6) is 0.436. The van der Waals surface area contributed by atoms with Crippen LogP contribution >= 0.6 is 0 Å². The Kier molecular flexibility index (Phi) is 6.50. The minimum Gasteiger partial charge on any atom is -0.298 e. The zero-order chi connectivity index (χ0) is 23.6. The van der Waals surface area contributed by atoms with Crippen molar-refractivity contribution in [1.82, 2.24) is 14.9 Å². The third-order valence-corrected chi connectivity index (χ3v) is 7.18. The molecule has 3 aromatic rings. The van der Waals surface area contributed by atoms with E-state index in [1.807, 2.05) is 18.3 Å². The Bertz CT molecular complexity index is 1240. The normalized spacial score (nSPS) is 14.7. The average Bonchev–Trinajstić information content (AvgIpc) is 2.78. The highest BCUT2D eigenvalue weighted by Crippen LogP contribution is 2.25. The Morgan fingerprint density at radius 1 is 1.06 bits per heavy atom. The van der Waals surface area contributed by atoms with Crippen molar-refractivity contribution >= 4 is 15.7 Å². The Morgan fingerprint density at radius 3 is 2.55 bits per heavy atom. The molecule has 0 spiro atoms. The van der Waals surface area contributed by atoms with Crippen molar-refractivity contribution in [1.29, 1.82) is 0 Å². The van der Waals surface area contributed by atoms with Crippen molar-refractivity contribution < 1.29 is 12.8 Å². The number of halogens is 1. The Hall–Kier alpha value is -2.84. The molecule has 1 N–H and O–H groups in total. The predicted octanol–water partition coefficient (Wildman–Crippen LogP) is 4.31. The van der Waals surface area contributed by atoms with Gasteiger partial charge in [0.25, 0.3) is 10.0 Å². The van der Waals surface area contributed by atoms with Crippen molar-refractivity contribution in [3.8, 4) is 0 Å². The number of hydrogen-bond donors (Lipinski definition) is 1. The summed E-state index contributed by atoms with van der Waals surface area (Å²) >= 11 is 0. The van der Waals surface area contributed by atoms with Gasteiger partial charge in [0, 0.05) is 49.0 Å². The quantitative estimate of drug-likeness (QED) is 0.583. The number of hydrogen-bond acceptors (Lipinski definition) is 5. The topological polar surface area (TPSA) is 75.2 Å². The molecule has 0 saturated heterocycles. The van der Waals surface area contributed by atoms with Crippen LogP contribution in [0.3, 0.4) is 0 Å². The second-order valence-electron chi connectivity index (χ2n) is 9.43. The number of aromatic nitrogens is 2. The molecule has 0 fully saturated rings. The van der Waals surface area contributed by atoms with Gasteiger partial charge in [-0.25, -0.2) is 22.8 Å². The second-order valence-corrected chi connectivity index (χ2v) is 11.1. The van der Waals surface area contributed by atoms with Crippen LogP contribution in [0.4, 0.5) is 10.1 Å². The van der Waals surface area contributed by atoms with E-state index in [1.54, 1.807) is 12.1 Å². The van der Waals surface area contributed by atoms with Crippen LogP contribution in [0.2, 0.25) is 0 Å². The van der Waals surface area contributed by atoms with Gasteiger partial charge in [-0.1, -0.05) is 26.8 Å². The van der Waals surface area contributed by atoms with Crippen LogP contribution in [0.1, 0.15) is 43.4 Å². The molecule has 0 amide bonds. The number of fused-ring (bicyclic) bond motifs is 1. The van der Waals surface area contributed by atoms with Gasteiger partial charge in [0.1, 0.15) is 11.6 Å². The van der Waals surface area contributed by atoms with E-state index in [4.69, 9.17) is 4.98 Å². The average molecular weight is 469 g/mol. The Morgan fingerprint density at radius 2 is 1.82 bits per heavy atom. The Labute approximate surface area is 194 Å². The monoisotopic (exact) mass is 468 g/mol. The van der Waals surface area contributed by atoms with Crippen molar-refractivity contribution in [2.75, 3.05) is 17.8 Å². The molecule has 1 aliphatic rings. The molecule has 33 heavy (non-hydrogen) atoms. The maximum atomic E-state index is 13.1. The van der Waals surface area contributed by atoms with Crippen molar-refractivity contribution in [2.24, 2.45) is 0 Å². The molecule has 4 rings (SSSR count). The van der Waals surface area contributed by atoms with Crippen LogP contribution in [-0.2, 0) is 34.8 Å². The van der Waals surface area contributed by atoms with E-state index in [0.29, 0.717) is 5.69 Å². The maximum absolute atomic E-state index is 13.1. The lowest BCUT2D eigenvalue weighted by atomic mass is 9.92. The third-order valence-electron chi connectivity index (χ3n) is 5.80. The Balaban J connectivity index is 1.41. The van der Waals surface area contributed by atoms with Crippen LogP contribution in [-0.4, -0.2) is 36.4 Å². The largest absolute Gasteiger partial charge is 0.298 e. The lowest BCUT2D eigenvalue weighted by Gasteiger charge is -2.29. The van der Waals surface area contributed by atoms with Gasteiger partial charge in [0.15, 0.2) is 0 Å². The molecule has 0 aliphatic carbocycles. The zero-order valence-corrected chi connectivity index (χ0v) is 20.0. The molecule has 0 radical (unpaired) electrons. The molecule has 8 heteroatoms. The molecule has 1 aliphatic heterocycles. The first kappa shape index (κ1) is 23.3. The van der Waals surface area contributed by atoms with Gasteiger partial charge in [0.05, 0.1) is 4.90 Å².